The standard InChI is InChI=1S/C23H24N2O5/c1-4-18-24-20(23(2,3)30)19(22(28)29)25(18)13-14-10-11-16(17(12-14)21(26)27)15-8-6-5-7-9-15/h5-12,30H,4,13H2,1-3H3,(H,26,27)(H,28,29). The molecular weight excluding hydrogens is 384 g/mol. The lowest BCUT2D eigenvalue weighted by atomic mass is 9.97. The molecule has 1 heterocycles. The van der Waals surface area contributed by atoms with Gasteiger partial charge in [0.05, 0.1) is 5.56 Å². The van der Waals surface area contributed by atoms with Crippen molar-refractivity contribution in [1.82, 2.24) is 9.55 Å². The first kappa shape index (κ1) is 21.3. The number of nitrogens with zero attached hydrogens (tertiary/aromatic N) is 2. The lowest BCUT2D eigenvalue weighted by molar-refractivity contribution is 0.0602. The van der Waals surface area contributed by atoms with Crippen molar-refractivity contribution >= 4 is 11.9 Å². The molecule has 0 amide bonds. The molecule has 0 saturated heterocycles. The van der Waals surface area contributed by atoms with Gasteiger partial charge in [-0.1, -0.05) is 49.4 Å². The van der Waals surface area contributed by atoms with Gasteiger partial charge in [-0.2, -0.15) is 0 Å². The van der Waals surface area contributed by atoms with Crippen LogP contribution in [0.5, 0.6) is 0 Å². The summed E-state index contributed by atoms with van der Waals surface area (Å²) >= 11 is 0. The van der Waals surface area contributed by atoms with Gasteiger partial charge in [-0.3, -0.25) is 0 Å². The minimum atomic E-state index is -1.42. The van der Waals surface area contributed by atoms with Gasteiger partial charge in [0, 0.05) is 13.0 Å². The lowest BCUT2D eigenvalue weighted by Crippen LogP contribution is -2.22. The molecule has 30 heavy (non-hydrogen) atoms. The van der Waals surface area contributed by atoms with Crippen molar-refractivity contribution < 1.29 is 24.9 Å². The first-order valence-corrected chi connectivity index (χ1v) is 9.60. The summed E-state index contributed by atoms with van der Waals surface area (Å²) in [6.07, 6.45) is 0.463. The number of aliphatic hydroxyl groups is 1. The van der Waals surface area contributed by atoms with Crippen LogP contribution in [0.2, 0.25) is 0 Å². The van der Waals surface area contributed by atoms with Crippen LogP contribution in [-0.4, -0.2) is 36.8 Å². The van der Waals surface area contributed by atoms with Crippen molar-refractivity contribution in [1.29, 1.82) is 0 Å². The molecule has 156 valence electrons. The number of carboxylic acids is 2. The van der Waals surface area contributed by atoms with Gasteiger partial charge < -0.3 is 19.9 Å². The van der Waals surface area contributed by atoms with Crippen LogP contribution in [0.25, 0.3) is 11.1 Å². The van der Waals surface area contributed by atoms with Crippen molar-refractivity contribution in [2.75, 3.05) is 0 Å². The first-order chi connectivity index (χ1) is 14.1. The van der Waals surface area contributed by atoms with E-state index in [1.165, 1.54) is 18.4 Å². The summed E-state index contributed by atoms with van der Waals surface area (Å²) < 4.78 is 1.53. The second kappa shape index (κ2) is 8.12. The molecule has 0 aliphatic heterocycles. The largest absolute Gasteiger partial charge is 0.478 e. The number of rotatable bonds is 7. The van der Waals surface area contributed by atoms with Crippen LogP contribution >= 0.6 is 0 Å². The second-order valence-corrected chi connectivity index (χ2v) is 7.58. The maximum Gasteiger partial charge on any atom is 0.354 e. The van der Waals surface area contributed by atoms with E-state index in [-0.39, 0.29) is 23.5 Å². The summed E-state index contributed by atoms with van der Waals surface area (Å²) in [6.45, 7) is 4.95. The first-order valence-electron chi connectivity index (χ1n) is 9.60. The Morgan fingerprint density at radius 1 is 1.03 bits per heavy atom. The summed E-state index contributed by atoms with van der Waals surface area (Å²) in [5, 5.41) is 29.9. The monoisotopic (exact) mass is 408 g/mol. The predicted molar refractivity (Wildman–Crippen MR) is 112 cm³/mol. The Balaban J connectivity index is 2.11. The maximum atomic E-state index is 12.0. The summed E-state index contributed by atoms with van der Waals surface area (Å²) in [7, 11) is 0. The van der Waals surface area contributed by atoms with Crippen LogP contribution in [0.1, 0.15) is 58.7 Å². The van der Waals surface area contributed by atoms with Crippen molar-refractivity contribution in [3.8, 4) is 11.1 Å². The van der Waals surface area contributed by atoms with E-state index in [1.807, 2.05) is 37.3 Å². The topological polar surface area (TPSA) is 113 Å². The second-order valence-electron chi connectivity index (χ2n) is 7.58. The van der Waals surface area contributed by atoms with Gasteiger partial charge >= 0.3 is 11.9 Å². The zero-order valence-corrected chi connectivity index (χ0v) is 17.1. The van der Waals surface area contributed by atoms with E-state index in [4.69, 9.17) is 0 Å². The van der Waals surface area contributed by atoms with Gasteiger partial charge in [0.25, 0.3) is 0 Å². The van der Waals surface area contributed by atoms with E-state index >= 15 is 0 Å². The highest BCUT2D eigenvalue weighted by atomic mass is 16.4. The number of aromatic carboxylic acids is 2. The summed E-state index contributed by atoms with van der Waals surface area (Å²) in [5.74, 6) is -1.75. The molecule has 0 saturated carbocycles. The molecule has 0 unspecified atom stereocenters. The van der Waals surface area contributed by atoms with Crippen LogP contribution in [0, 0.1) is 0 Å². The summed E-state index contributed by atoms with van der Waals surface area (Å²) in [6, 6.07) is 14.3. The van der Waals surface area contributed by atoms with E-state index in [0.717, 1.165) is 5.56 Å². The Kier molecular flexibility index (Phi) is 5.75. The minimum Gasteiger partial charge on any atom is -0.478 e. The van der Waals surface area contributed by atoms with Crippen molar-refractivity contribution in [3.63, 3.8) is 0 Å². The predicted octanol–water partition coefficient (Wildman–Crippen LogP) is 3.78. The smallest absolute Gasteiger partial charge is 0.354 e. The molecule has 7 nitrogen and oxygen atoms in total. The van der Waals surface area contributed by atoms with Gasteiger partial charge in [-0.05, 0) is 36.6 Å². The quantitative estimate of drug-likeness (QED) is 0.548. The van der Waals surface area contributed by atoms with Crippen LogP contribution in [0.3, 0.4) is 0 Å². The van der Waals surface area contributed by atoms with Crippen molar-refractivity contribution in [2.24, 2.45) is 0 Å². The molecular formula is C23H24N2O5. The fraction of sp³-hybridized carbons (Fsp3) is 0.261. The lowest BCUT2D eigenvalue weighted by Gasteiger charge is -2.16. The third-order valence-corrected chi connectivity index (χ3v) is 4.88. The highest BCUT2D eigenvalue weighted by Crippen LogP contribution is 2.28. The van der Waals surface area contributed by atoms with Gasteiger partial charge in [0.2, 0.25) is 0 Å². The number of carbonyl (C=O) groups is 2. The number of aryl methyl sites for hydroxylation is 1. The molecule has 3 aromatic rings. The molecule has 7 heteroatoms. The average Bonchev–Trinajstić information content (AvgIpc) is 3.07. The van der Waals surface area contributed by atoms with Gasteiger partial charge in [-0.15, -0.1) is 0 Å². The summed E-state index contributed by atoms with van der Waals surface area (Å²) in [4.78, 5) is 28.2. The highest BCUT2D eigenvalue weighted by Gasteiger charge is 2.31. The third-order valence-electron chi connectivity index (χ3n) is 4.88. The van der Waals surface area contributed by atoms with Crippen LogP contribution in [0.15, 0.2) is 48.5 Å². The maximum absolute atomic E-state index is 12.0. The number of imidazole rings is 1. The molecule has 3 rings (SSSR count). The molecule has 0 spiro atoms. The Bertz CT molecular complexity index is 1090. The van der Waals surface area contributed by atoms with Crippen LogP contribution in [0.4, 0.5) is 0 Å². The number of hydrogen-bond donors (Lipinski definition) is 3. The summed E-state index contributed by atoms with van der Waals surface area (Å²) in [5.41, 5.74) is 0.708. The van der Waals surface area contributed by atoms with Gasteiger partial charge in [0.1, 0.15) is 17.1 Å². The molecule has 0 bridgehead atoms. The highest BCUT2D eigenvalue weighted by molar-refractivity contribution is 5.96. The Labute approximate surface area is 174 Å². The van der Waals surface area contributed by atoms with E-state index < -0.39 is 17.5 Å². The van der Waals surface area contributed by atoms with E-state index in [9.17, 15) is 24.9 Å². The molecule has 0 fully saturated rings. The SMILES string of the molecule is CCc1nc(C(C)(C)O)c(C(=O)O)n1Cc1ccc(-c2ccccc2)c(C(=O)O)c1. The molecule has 0 aliphatic rings. The van der Waals surface area contributed by atoms with Crippen molar-refractivity contribution in [3.05, 3.63) is 76.9 Å². The number of aromatic nitrogens is 2. The van der Waals surface area contributed by atoms with Gasteiger partial charge in [-0.25, -0.2) is 14.6 Å². The Morgan fingerprint density at radius 2 is 1.70 bits per heavy atom. The van der Waals surface area contributed by atoms with E-state index in [1.54, 1.807) is 18.2 Å². The normalized spacial score (nSPS) is 11.5. The molecule has 2 aromatic carbocycles. The molecule has 0 atom stereocenters. The number of carboxylic acid groups (broad SMARTS) is 2. The fourth-order valence-electron chi connectivity index (χ4n) is 3.50. The van der Waals surface area contributed by atoms with Gasteiger partial charge in [0.15, 0.2) is 5.69 Å². The molecule has 0 aliphatic carbocycles. The zero-order valence-electron chi connectivity index (χ0n) is 17.1. The Morgan fingerprint density at radius 3 is 2.23 bits per heavy atom. The molecule has 3 N–H and O–H groups in total. The minimum absolute atomic E-state index is 0.0891. The van der Waals surface area contributed by atoms with E-state index in [2.05, 4.69) is 4.98 Å². The third kappa shape index (κ3) is 4.11. The van der Waals surface area contributed by atoms with Crippen LogP contribution < -0.4 is 0 Å². The number of benzene rings is 2. The van der Waals surface area contributed by atoms with E-state index in [0.29, 0.717) is 23.4 Å². The fourth-order valence-corrected chi connectivity index (χ4v) is 3.50. The van der Waals surface area contributed by atoms with Crippen LogP contribution in [-0.2, 0) is 18.6 Å². The number of hydrogen-bond acceptors (Lipinski definition) is 4. The zero-order chi connectivity index (χ0) is 22.1. The average molecular weight is 408 g/mol. The van der Waals surface area contributed by atoms with Crippen molar-refractivity contribution in [2.45, 2.75) is 39.3 Å². The molecule has 0 radical (unpaired) electrons. The Hall–Kier alpha value is -3.45. The molecule has 1 aromatic heterocycles.